The first-order valence-corrected chi connectivity index (χ1v) is 7.38. The molecule has 2 aromatic carbocycles. The summed E-state index contributed by atoms with van der Waals surface area (Å²) in [6.45, 7) is 1.83. The molecule has 1 amide bonds. The van der Waals surface area contributed by atoms with Crippen molar-refractivity contribution in [2.45, 2.75) is 6.92 Å². The molecule has 3 rings (SSSR count). The highest BCUT2D eigenvalue weighted by Crippen LogP contribution is 2.22. The van der Waals surface area contributed by atoms with Gasteiger partial charge in [0.1, 0.15) is 11.4 Å². The minimum Gasteiger partial charge on any atom is -0.508 e. The van der Waals surface area contributed by atoms with E-state index in [1.165, 1.54) is 6.21 Å². The van der Waals surface area contributed by atoms with Gasteiger partial charge in [-0.3, -0.25) is 9.89 Å². The van der Waals surface area contributed by atoms with Gasteiger partial charge >= 0.3 is 0 Å². The van der Waals surface area contributed by atoms with E-state index in [9.17, 15) is 9.90 Å². The molecule has 120 valence electrons. The van der Waals surface area contributed by atoms with Crippen molar-refractivity contribution in [3.05, 3.63) is 71.4 Å². The van der Waals surface area contributed by atoms with Gasteiger partial charge < -0.3 is 5.11 Å². The fourth-order valence-electron chi connectivity index (χ4n) is 2.32. The predicted octanol–water partition coefficient (Wildman–Crippen LogP) is 2.85. The van der Waals surface area contributed by atoms with Gasteiger partial charge in [0, 0.05) is 11.1 Å². The highest BCUT2D eigenvalue weighted by atomic mass is 16.3. The van der Waals surface area contributed by atoms with Gasteiger partial charge in [-0.25, -0.2) is 5.43 Å². The summed E-state index contributed by atoms with van der Waals surface area (Å²) in [7, 11) is 0. The Bertz CT molecular complexity index is 885. The average Bonchev–Trinajstić information content (AvgIpc) is 2.97. The van der Waals surface area contributed by atoms with Crippen LogP contribution in [0.2, 0.25) is 0 Å². The van der Waals surface area contributed by atoms with Crippen LogP contribution < -0.4 is 5.43 Å². The quantitative estimate of drug-likeness (QED) is 0.510. The zero-order valence-electron chi connectivity index (χ0n) is 13.0. The summed E-state index contributed by atoms with van der Waals surface area (Å²) < 4.78 is 0. The van der Waals surface area contributed by atoms with Crippen molar-refractivity contribution >= 4 is 12.1 Å². The van der Waals surface area contributed by atoms with Crippen LogP contribution in [0.5, 0.6) is 5.75 Å². The first-order chi connectivity index (χ1) is 11.6. The molecule has 0 atom stereocenters. The number of phenols is 1. The van der Waals surface area contributed by atoms with E-state index in [2.05, 4.69) is 20.7 Å². The van der Waals surface area contributed by atoms with Crippen LogP contribution in [0.4, 0.5) is 0 Å². The minimum atomic E-state index is -0.376. The van der Waals surface area contributed by atoms with Gasteiger partial charge in [-0.2, -0.15) is 10.2 Å². The van der Waals surface area contributed by atoms with Crippen LogP contribution in [-0.2, 0) is 0 Å². The number of nitrogens with zero attached hydrogens (tertiary/aromatic N) is 2. The third-order valence-electron chi connectivity index (χ3n) is 3.53. The van der Waals surface area contributed by atoms with Gasteiger partial charge in [-0.15, -0.1) is 0 Å². The van der Waals surface area contributed by atoms with Gasteiger partial charge in [0.25, 0.3) is 5.91 Å². The molecule has 0 unspecified atom stereocenters. The highest BCUT2D eigenvalue weighted by molar-refractivity contribution is 5.96. The molecule has 0 radical (unpaired) electrons. The number of hydrogen-bond donors (Lipinski definition) is 3. The number of rotatable bonds is 4. The number of hydrazone groups is 1. The lowest BCUT2D eigenvalue weighted by Crippen LogP contribution is -2.19. The Hall–Kier alpha value is -3.41. The van der Waals surface area contributed by atoms with Gasteiger partial charge in [0.15, 0.2) is 0 Å². The lowest BCUT2D eigenvalue weighted by Gasteiger charge is -2.00. The third kappa shape index (κ3) is 3.33. The Labute approximate surface area is 138 Å². The van der Waals surface area contributed by atoms with Crippen LogP contribution in [0.25, 0.3) is 11.3 Å². The molecule has 0 spiro atoms. The second kappa shape index (κ2) is 6.78. The number of aromatic nitrogens is 2. The molecule has 0 saturated carbocycles. The summed E-state index contributed by atoms with van der Waals surface area (Å²) >= 11 is 0. The van der Waals surface area contributed by atoms with E-state index in [-0.39, 0.29) is 11.7 Å². The molecule has 6 nitrogen and oxygen atoms in total. The fourth-order valence-corrected chi connectivity index (χ4v) is 2.32. The molecule has 3 aromatic rings. The summed E-state index contributed by atoms with van der Waals surface area (Å²) in [5, 5.41) is 20.3. The van der Waals surface area contributed by atoms with E-state index in [1.54, 1.807) is 24.3 Å². The van der Waals surface area contributed by atoms with E-state index < -0.39 is 0 Å². The minimum absolute atomic E-state index is 0.141. The maximum absolute atomic E-state index is 12.2. The van der Waals surface area contributed by atoms with Crippen molar-refractivity contribution in [2.75, 3.05) is 0 Å². The summed E-state index contributed by atoms with van der Waals surface area (Å²) in [5.74, 6) is -0.235. The molecule has 0 aliphatic heterocycles. The van der Waals surface area contributed by atoms with E-state index in [1.807, 2.05) is 37.3 Å². The number of benzene rings is 2. The van der Waals surface area contributed by atoms with E-state index in [0.29, 0.717) is 11.3 Å². The number of aromatic hydroxyl groups is 1. The molecule has 0 bridgehead atoms. The molecule has 1 heterocycles. The second-order valence-corrected chi connectivity index (χ2v) is 5.23. The molecule has 0 saturated heterocycles. The number of carbonyl (C=O) groups is 1. The topological polar surface area (TPSA) is 90.4 Å². The largest absolute Gasteiger partial charge is 0.508 e. The predicted molar refractivity (Wildman–Crippen MR) is 91.9 cm³/mol. The zero-order chi connectivity index (χ0) is 16.9. The molecular formula is C18H16N4O2. The van der Waals surface area contributed by atoms with Gasteiger partial charge in [0.2, 0.25) is 0 Å². The van der Waals surface area contributed by atoms with Gasteiger partial charge in [-0.1, -0.05) is 42.5 Å². The maximum Gasteiger partial charge on any atom is 0.289 e. The SMILES string of the molecule is Cc1c(-c2ccccc2)n[nH]c1C(=O)NN=Cc1cccc(O)c1. The van der Waals surface area contributed by atoms with E-state index in [4.69, 9.17) is 0 Å². The lowest BCUT2D eigenvalue weighted by atomic mass is 10.1. The number of carbonyl (C=O) groups excluding carboxylic acids is 1. The number of H-pyrrole nitrogens is 1. The van der Waals surface area contributed by atoms with Crippen molar-refractivity contribution in [3.63, 3.8) is 0 Å². The molecule has 24 heavy (non-hydrogen) atoms. The van der Waals surface area contributed by atoms with Gasteiger partial charge in [-0.05, 0) is 24.6 Å². The first-order valence-electron chi connectivity index (χ1n) is 7.38. The van der Waals surface area contributed by atoms with E-state index >= 15 is 0 Å². The first kappa shape index (κ1) is 15.5. The Morgan fingerprint density at radius 1 is 1.21 bits per heavy atom. The monoisotopic (exact) mass is 320 g/mol. The number of hydrogen-bond acceptors (Lipinski definition) is 4. The Morgan fingerprint density at radius 2 is 2.00 bits per heavy atom. The normalized spacial score (nSPS) is 10.9. The van der Waals surface area contributed by atoms with Gasteiger partial charge in [0.05, 0.1) is 11.9 Å². The van der Waals surface area contributed by atoms with E-state index in [0.717, 1.165) is 16.8 Å². The summed E-state index contributed by atoms with van der Waals surface area (Å²) in [5.41, 5.74) is 5.92. The van der Waals surface area contributed by atoms with Crippen LogP contribution in [0.15, 0.2) is 59.7 Å². The number of nitrogens with one attached hydrogen (secondary N) is 2. The lowest BCUT2D eigenvalue weighted by molar-refractivity contribution is 0.0949. The van der Waals surface area contributed by atoms with Crippen molar-refractivity contribution in [3.8, 4) is 17.0 Å². The summed E-state index contributed by atoms with van der Waals surface area (Å²) in [6.07, 6.45) is 1.46. The van der Waals surface area contributed by atoms with Crippen LogP contribution >= 0.6 is 0 Å². The van der Waals surface area contributed by atoms with Crippen LogP contribution in [-0.4, -0.2) is 27.4 Å². The van der Waals surface area contributed by atoms with Crippen molar-refractivity contribution < 1.29 is 9.90 Å². The molecule has 6 heteroatoms. The molecule has 3 N–H and O–H groups in total. The number of phenolic OH excluding ortho intramolecular Hbond substituents is 1. The number of amides is 1. The molecule has 0 aliphatic rings. The average molecular weight is 320 g/mol. The molecule has 0 fully saturated rings. The number of aromatic amines is 1. The zero-order valence-corrected chi connectivity index (χ0v) is 13.0. The van der Waals surface area contributed by atoms with Crippen LogP contribution in [0.1, 0.15) is 21.6 Å². The highest BCUT2D eigenvalue weighted by Gasteiger charge is 2.16. The Morgan fingerprint density at radius 3 is 2.75 bits per heavy atom. The standard InChI is InChI=1S/C18H16N4O2/c1-12-16(14-7-3-2-4-8-14)20-21-17(12)18(24)22-19-11-13-6-5-9-15(23)10-13/h2-11,23H,1H3,(H,20,21)(H,22,24). The van der Waals surface area contributed by atoms with Crippen molar-refractivity contribution in [1.82, 2.24) is 15.6 Å². The smallest absolute Gasteiger partial charge is 0.289 e. The van der Waals surface area contributed by atoms with Crippen molar-refractivity contribution in [1.29, 1.82) is 0 Å². The second-order valence-electron chi connectivity index (χ2n) is 5.23. The third-order valence-corrected chi connectivity index (χ3v) is 3.53. The van der Waals surface area contributed by atoms with Crippen molar-refractivity contribution in [2.24, 2.45) is 5.10 Å². The summed E-state index contributed by atoms with van der Waals surface area (Å²) in [4.78, 5) is 12.2. The van der Waals surface area contributed by atoms with Crippen LogP contribution in [0, 0.1) is 6.92 Å². The van der Waals surface area contributed by atoms with Crippen LogP contribution in [0.3, 0.4) is 0 Å². The molecule has 1 aromatic heterocycles. The summed E-state index contributed by atoms with van der Waals surface area (Å²) in [6, 6.07) is 16.2. The Balaban J connectivity index is 1.73. The Kier molecular flexibility index (Phi) is 4.38. The molecule has 0 aliphatic carbocycles. The maximum atomic E-state index is 12.2. The fraction of sp³-hybridized carbons (Fsp3) is 0.0556. The molecular weight excluding hydrogens is 304 g/mol.